The SMILES string of the molecule is Cc1cc(C)c(B(c2cccc(-c3ccccn3)c2)c2c(C)cc(C)cc2C)c(C)c1. The Bertz CT molecular complexity index is 1140. The molecule has 4 rings (SSSR count). The van der Waals surface area contributed by atoms with Crippen LogP contribution < -0.4 is 16.4 Å². The lowest BCUT2D eigenvalue weighted by Crippen LogP contribution is -2.55. The summed E-state index contributed by atoms with van der Waals surface area (Å²) in [6, 6.07) is 24.3. The molecule has 0 aliphatic heterocycles. The van der Waals surface area contributed by atoms with Gasteiger partial charge in [0.05, 0.1) is 5.69 Å². The summed E-state index contributed by atoms with van der Waals surface area (Å²) in [5, 5.41) is 0. The van der Waals surface area contributed by atoms with Crippen LogP contribution in [0.5, 0.6) is 0 Å². The summed E-state index contributed by atoms with van der Waals surface area (Å²) in [6.45, 7) is 13.6. The maximum atomic E-state index is 4.59. The van der Waals surface area contributed by atoms with Gasteiger partial charge in [-0.15, -0.1) is 0 Å². The molecule has 3 aromatic carbocycles. The van der Waals surface area contributed by atoms with Crippen LogP contribution in [0.15, 0.2) is 72.9 Å². The zero-order valence-corrected chi connectivity index (χ0v) is 19.5. The molecule has 0 atom stereocenters. The third kappa shape index (κ3) is 4.21. The molecule has 0 aliphatic carbocycles. The highest BCUT2D eigenvalue weighted by Crippen LogP contribution is 2.17. The third-order valence-corrected chi connectivity index (χ3v) is 6.23. The lowest BCUT2D eigenvalue weighted by molar-refractivity contribution is 1.33. The number of rotatable bonds is 4. The number of aryl methyl sites for hydroxylation is 6. The van der Waals surface area contributed by atoms with E-state index >= 15 is 0 Å². The topological polar surface area (TPSA) is 12.9 Å². The Labute approximate surface area is 187 Å². The summed E-state index contributed by atoms with van der Waals surface area (Å²) in [7, 11) is 0. The highest BCUT2D eigenvalue weighted by Gasteiger charge is 2.28. The van der Waals surface area contributed by atoms with E-state index in [1.807, 2.05) is 12.3 Å². The molecule has 1 aromatic heterocycles. The lowest BCUT2D eigenvalue weighted by Gasteiger charge is -2.25. The van der Waals surface area contributed by atoms with Crippen molar-refractivity contribution in [2.75, 3.05) is 0 Å². The van der Waals surface area contributed by atoms with Crippen LogP contribution in [0, 0.1) is 41.5 Å². The van der Waals surface area contributed by atoms with Crippen molar-refractivity contribution < 1.29 is 0 Å². The number of nitrogens with zero attached hydrogens (tertiary/aromatic N) is 1. The molecule has 0 N–H and O–H groups in total. The molecular formula is C29H30BN. The molecule has 0 saturated heterocycles. The second kappa shape index (κ2) is 8.55. The predicted octanol–water partition coefficient (Wildman–Crippen LogP) is 5.12. The Balaban J connectivity index is 2.00. The van der Waals surface area contributed by atoms with Gasteiger partial charge in [0.15, 0.2) is 0 Å². The van der Waals surface area contributed by atoms with Crippen molar-refractivity contribution >= 4 is 23.1 Å². The van der Waals surface area contributed by atoms with Gasteiger partial charge in [-0.2, -0.15) is 0 Å². The minimum absolute atomic E-state index is 0.185. The fourth-order valence-corrected chi connectivity index (χ4v) is 5.18. The van der Waals surface area contributed by atoms with Crippen molar-refractivity contribution in [3.8, 4) is 11.3 Å². The van der Waals surface area contributed by atoms with Crippen LogP contribution >= 0.6 is 0 Å². The van der Waals surface area contributed by atoms with Gasteiger partial charge in [-0.25, -0.2) is 0 Å². The molecule has 0 aliphatic rings. The maximum absolute atomic E-state index is 4.59. The summed E-state index contributed by atoms with van der Waals surface area (Å²) in [5.74, 6) is 0. The molecule has 1 nitrogen and oxygen atoms in total. The Morgan fingerprint density at radius 2 is 1.13 bits per heavy atom. The van der Waals surface area contributed by atoms with E-state index in [9.17, 15) is 0 Å². The molecule has 154 valence electrons. The van der Waals surface area contributed by atoms with Crippen molar-refractivity contribution in [1.29, 1.82) is 0 Å². The summed E-state index contributed by atoms with van der Waals surface area (Å²) >= 11 is 0. The van der Waals surface area contributed by atoms with E-state index in [4.69, 9.17) is 0 Å². The molecule has 0 spiro atoms. The molecule has 31 heavy (non-hydrogen) atoms. The van der Waals surface area contributed by atoms with Crippen molar-refractivity contribution in [1.82, 2.24) is 4.98 Å². The Morgan fingerprint density at radius 1 is 0.581 bits per heavy atom. The molecule has 4 aromatic rings. The molecule has 0 fully saturated rings. The van der Waals surface area contributed by atoms with Gasteiger partial charge in [0.25, 0.3) is 0 Å². The van der Waals surface area contributed by atoms with E-state index < -0.39 is 0 Å². The van der Waals surface area contributed by atoms with Crippen LogP contribution in [-0.2, 0) is 0 Å². The number of aromatic nitrogens is 1. The lowest BCUT2D eigenvalue weighted by atomic mass is 9.34. The third-order valence-electron chi connectivity index (χ3n) is 6.23. The highest BCUT2D eigenvalue weighted by atomic mass is 14.7. The van der Waals surface area contributed by atoms with Crippen LogP contribution in [0.25, 0.3) is 11.3 Å². The average molecular weight is 403 g/mol. The van der Waals surface area contributed by atoms with Gasteiger partial charge in [0, 0.05) is 6.20 Å². The minimum atomic E-state index is 0.185. The largest absolute Gasteiger partial charge is 0.256 e. The van der Waals surface area contributed by atoms with Gasteiger partial charge < -0.3 is 0 Å². The fourth-order valence-electron chi connectivity index (χ4n) is 5.18. The first-order chi connectivity index (χ1) is 14.8. The molecule has 0 radical (unpaired) electrons. The molecule has 1 heterocycles. The van der Waals surface area contributed by atoms with Crippen molar-refractivity contribution in [3.05, 3.63) is 106 Å². The van der Waals surface area contributed by atoms with Crippen molar-refractivity contribution in [2.45, 2.75) is 41.5 Å². The second-order valence-electron chi connectivity index (χ2n) is 8.90. The molecule has 2 heteroatoms. The van der Waals surface area contributed by atoms with E-state index in [-0.39, 0.29) is 6.71 Å². The van der Waals surface area contributed by atoms with E-state index in [0.29, 0.717) is 0 Å². The van der Waals surface area contributed by atoms with Gasteiger partial charge in [-0.1, -0.05) is 104 Å². The zero-order valence-electron chi connectivity index (χ0n) is 19.5. The standard InChI is InChI=1S/C29H30BN/c1-19-14-21(3)28(22(4)15-19)30(29-23(5)16-20(2)17-24(29)6)26-11-9-10-25(18-26)27-12-7-8-13-31-27/h7-18H,1-6H3. The first kappa shape index (κ1) is 21.1. The van der Waals surface area contributed by atoms with Crippen LogP contribution in [-0.4, -0.2) is 11.7 Å². The molecule has 0 saturated carbocycles. The molecule has 0 unspecified atom stereocenters. The van der Waals surface area contributed by atoms with E-state index in [1.54, 1.807) is 0 Å². The monoisotopic (exact) mass is 403 g/mol. The molecule has 0 bridgehead atoms. The van der Waals surface area contributed by atoms with Crippen LogP contribution in [0.2, 0.25) is 0 Å². The number of benzene rings is 3. The Kier molecular flexibility index (Phi) is 5.82. The van der Waals surface area contributed by atoms with Crippen LogP contribution in [0.1, 0.15) is 33.4 Å². The Morgan fingerprint density at radius 3 is 1.61 bits per heavy atom. The van der Waals surface area contributed by atoms with Gasteiger partial charge >= 0.3 is 0 Å². The smallest absolute Gasteiger partial charge is 0.242 e. The van der Waals surface area contributed by atoms with E-state index in [0.717, 1.165) is 11.3 Å². The van der Waals surface area contributed by atoms with E-state index in [1.165, 1.54) is 49.8 Å². The van der Waals surface area contributed by atoms with Gasteiger partial charge in [-0.3, -0.25) is 4.98 Å². The maximum Gasteiger partial charge on any atom is 0.242 e. The zero-order chi connectivity index (χ0) is 22.1. The average Bonchev–Trinajstić information content (AvgIpc) is 2.72. The number of pyridine rings is 1. The van der Waals surface area contributed by atoms with Gasteiger partial charge in [-0.05, 0) is 59.2 Å². The summed E-state index contributed by atoms with van der Waals surface area (Å²) < 4.78 is 0. The molecule has 0 amide bonds. The minimum Gasteiger partial charge on any atom is -0.256 e. The van der Waals surface area contributed by atoms with Gasteiger partial charge in [0.2, 0.25) is 6.71 Å². The van der Waals surface area contributed by atoms with Gasteiger partial charge in [0.1, 0.15) is 0 Å². The second-order valence-corrected chi connectivity index (χ2v) is 8.90. The van der Waals surface area contributed by atoms with Crippen LogP contribution in [0.3, 0.4) is 0 Å². The summed E-state index contributed by atoms with van der Waals surface area (Å²) in [5.41, 5.74) is 14.4. The van der Waals surface area contributed by atoms with Crippen molar-refractivity contribution in [2.24, 2.45) is 0 Å². The summed E-state index contributed by atoms with van der Waals surface area (Å²) in [6.07, 6.45) is 1.86. The first-order valence-electron chi connectivity index (χ1n) is 11.0. The Hall–Kier alpha value is -3.13. The first-order valence-corrected chi connectivity index (χ1v) is 11.0. The number of hydrogen-bond acceptors (Lipinski definition) is 1. The predicted molar refractivity (Wildman–Crippen MR) is 136 cm³/mol. The van der Waals surface area contributed by atoms with Crippen molar-refractivity contribution in [3.63, 3.8) is 0 Å². The fraction of sp³-hybridized carbons (Fsp3) is 0.207. The van der Waals surface area contributed by atoms with Crippen LogP contribution in [0.4, 0.5) is 0 Å². The number of hydrogen-bond donors (Lipinski definition) is 0. The molecular weight excluding hydrogens is 373 g/mol. The summed E-state index contributed by atoms with van der Waals surface area (Å²) in [4.78, 5) is 4.59. The van der Waals surface area contributed by atoms with E-state index in [2.05, 4.69) is 107 Å². The normalized spacial score (nSPS) is 10.9. The quantitative estimate of drug-likeness (QED) is 0.431. The highest BCUT2D eigenvalue weighted by molar-refractivity contribution is 6.96.